The highest BCUT2D eigenvalue weighted by molar-refractivity contribution is 5.86. The van der Waals surface area contributed by atoms with E-state index < -0.39 is 5.97 Å². The summed E-state index contributed by atoms with van der Waals surface area (Å²) in [7, 11) is 0. The van der Waals surface area contributed by atoms with Gasteiger partial charge in [0.1, 0.15) is 0 Å². The van der Waals surface area contributed by atoms with Gasteiger partial charge in [0.05, 0.1) is 5.69 Å². The fourth-order valence-electron chi connectivity index (χ4n) is 1.90. The lowest BCUT2D eigenvalue weighted by molar-refractivity contribution is 0.0690. The zero-order valence-corrected chi connectivity index (χ0v) is 8.84. The first kappa shape index (κ1) is 9.33. The lowest BCUT2D eigenvalue weighted by atomic mass is 10.1. The molecule has 5 nitrogen and oxygen atoms in total. The molecule has 0 radical (unpaired) electrons. The molecule has 0 unspecified atom stereocenters. The zero-order valence-electron chi connectivity index (χ0n) is 8.84. The van der Waals surface area contributed by atoms with Crippen LogP contribution in [0.1, 0.15) is 35.9 Å². The Hall–Kier alpha value is -1.91. The maximum atomic E-state index is 10.8. The van der Waals surface area contributed by atoms with Crippen LogP contribution in [-0.4, -0.2) is 25.7 Å². The number of carbonyl (C=O) groups is 1. The Balaban J connectivity index is 2.26. The van der Waals surface area contributed by atoms with Gasteiger partial charge in [0.2, 0.25) is 0 Å². The molecule has 0 bridgehead atoms. The normalized spacial score (nSPS) is 17.6. The number of nitrogens with zero attached hydrogens (tertiary/aromatic N) is 3. The van der Waals surface area contributed by atoms with E-state index in [1.165, 1.54) is 6.07 Å². The van der Waals surface area contributed by atoms with Gasteiger partial charge in [0, 0.05) is 17.7 Å². The summed E-state index contributed by atoms with van der Waals surface area (Å²) >= 11 is 0. The van der Waals surface area contributed by atoms with Crippen molar-refractivity contribution >= 4 is 11.6 Å². The van der Waals surface area contributed by atoms with Gasteiger partial charge < -0.3 is 5.11 Å². The van der Waals surface area contributed by atoms with Crippen LogP contribution in [0.3, 0.4) is 0 Å². The van der Waals surface area contributed by atoms with Crippen LogP contribution < -0.4 is 0 Å². The molecule has 5 heteroatoms. The fourth-order valence-corrected chi connectivity index (χ4v) is 1.90. The molecule has 0 aliphatic heterocycles. The summed E-state index contributed by atoms with van der Waals surface area (Å²) in [5.74, 6) is -1.02. The molecule has 2 aromatic rings. The number of aromatic carboxylic acids is 1. The van der Waals surface area contributed by atoms with Gasteiger partial charge in [-0.1, -0.05) is 6.92 Å². The molecule has 0 amide bonds. The standard InChI is InChI=1S/C11H11N3O2/c1-11(3-4-11)8-2-5-12-9-6-7(10(15)16)13-14(8)9/h2,5-6H,3-4H2,1H3,(H,15,16). The third-order valence-electron chi connectivity index (χ3n) is 3.20. The highest BCUT2D eigenvalue weighted by Gasteiger charge is 2.41. The van der Waals surface area contributed by atoms with Crippen molar-refractivity contribution < 1.29 is 9.90 Å². The molecule has 1 aliphatic carbocycles. The lowest BCUT2D eigenvalue weighted by Crippen LogP contribution is -2.09. The van der Waals surface area contributed by atoms with Gasteiger partial charge in [-0.05, 0) is 18.9 Å². The summed E-state index contributed by atoms with van der Waals surface area (Å²) in [4.78, 5) is 15.0. The predicted molar refractivity (Wildman–Crippen MR) is 56.5 cm³/mol. The van der Waals surface area contributed by atoms with Crippen LogP contribution in [0.5, 0.6) is 0 Å². The number of fused-ring (bicyclic) bond motifs is 1. The molecule has 2 aromatic heterocycles. The Kier molecular flexibility index (Phi) is 1.64. The first-order chi connectivity index (χ1) is 7.60. The zero-order chi connectivity index (χ0) is 11.3. The highest BCUT2D eigenvalue weighted by Crippen LogP contribution is 2.47. The molecule has 82 valence electrons. The van der Waals surface area contributed by atoms with E-state index in [0.717, 1.165) is 18.5 Å². The van der Waals surface area contributed by atoms with Gasteiger partial charge in [0.25, 0.3) is 0 Å². The second-order valence-corrected chi connectivity index (χ2v) is 4.50. The van der Waals surface area contributed by atoms with Gasteiger partial charge in [0.15, 0.2) is 11.3 Å². The molecule has 3 rings (SSSR count). The second-order valence-electron chi connectivity index (χ2n) is 4.50. The largest absolute Gasteiger partial charge is 0.476 e. The minimum absolute atomic E-state index is 0.0456. The number of carboxylic acid groups (broad SMARTS) is 1. The van der Waals surface area contributed by atoms with E-state index in [1.54, 1.807) is 10.7 Å². The lowest BCUT2D eigenvalue weighted by Gasteiger charge is -2.09. The van der Waals surface area contributed by atoms with Crippen molar-refractivity contribution in [2.75, 3.05) is 0 Å². The first-order valence-corrected chi connectivity index (χ1v) is 5.19. The summed E-state index contributed by atoms with van der Waals surface area (Å²) < 4.78 is 1.65. The van der Waals surface area contributed by atoms with Crippen LogP contribution >= 0.6 is 0 Å². The maximum Gasteiger partial charge on any atom is 0.356 e. The van der Waals surface area contributed by atoms with E-state index in [2.05, 4.69) is 17.0 Å². The van der Waals surface area contributed by atoms with Crippen LogP contribution in [0.25, 0.3) is 5.65 Å². The van der Waals surface area contributed by atoms with Crippen LogP contribution in [0.2, 0.25) is 0 Å². The average Bonchev–Trinajstić information content (AvgIpc) is 2.84. The molecule has 1 N–H and O–H groups in total. The van der Waals surface area contributed by atoms with Crippen molar-refractivity contribution in [1.82, 2.24) is 14.6 Å². The van der Waals surface area contributed by atoms with Crippen molar-refractivity contribution in [3.63, 3.8) is 0 Å². The smallest absolute Gasteiger partial charge is 0.356 e. The Labute approximate surface area is 91.7 Å². The minimum atomic E-state index is -1.02. The third-order valence-corrected chi connectivity index (χ3v) is 3.20. The van der Waals surface area contributed by atoms with Gasteiger partial charge in [-0.2, -0.15) is 5.10 Å². The van der Waals surface area contributed by atoms with Gasteiger partial charge >= 0.3 is 5.97 Å². The fraction of sp³-hybridized carbons (Fsp3) is 0.364. The van der Waals surface area contributed by atoms with Crippen molar-refractivity contribution in [1.29, 1.82) is 0 Å². The molecule has 0 atom stereocenters. The quantitative estimate of drug-likeness (QED) is 0.827. The maximum absolute atomic E-state index is 10.8. The molecule has 1 aliphatic rings. The van der Waals surface area contributed by atoms with Crippen LogP contribution in [-0.2, 0) is 5.41 Å². The van der Waals surface area contributed by atoms with Crippen molar-refractivity contribution in [2.24, 2.45) is 0 Å². The molecule has 0 saturated heterocycles. The molecular formula is C11H11N3O2. The van der Waals surface area contributed by atoms with Crippen molar-refractivity contribution in [2.45, 2.75) is 25.2 Å². The van der Waals surface area contributed by atoms with E-state index in [1.807, 2.05) is 6.07 Å². The Morgan fingerprint density at radius 1 is 1.56 bits per heavy atom. The summed E-state index contributed by atoms with van der Waals surface area (Å²) in [5, 5.41) is 13.0. The summed E-state index contributed by atoms with van der Waals surface area (Å²) in [6.07, 6.45) is 3.95. The van der Waals surface area contributed by atoms with Gasteiger partial charge in [-0.3, -0.25) is 0 Å². The number of hydrogen-bond donors (Lipinski definition) is 1. The topological polar surface area (TPSA) is 67.5 Å². The third kappa shape index (κ3) is 1.21. The van der Waals surface area contributed by atoms with E-state index in [-0.39, 0.29) is 11.1 Å². The van der Waals surface area contributed by atoms with Gasteiger partial charge in [-0.15, -0.1) is 0 Å². The average molecular weight is 217 g/mol. The monoisotopic (exact) mass is 217 g/mol. The molecule has 0 aromatic carbocycles. The summed E-state index contributed by atoms with van der Waals surface area (Å²) in [6.45, 7) is 2.16. The molecule has 1 fully saturated rings. The first-order valence-electron chi connectivity index (χ1n) is 5.19. The van der Waals surface area contributed by atoms with Crippen LogP contribution in [0, 0.1) is 0 Å². The Morgan fingerprint density at radius 3 is 2.94 bits per heavy atom. The Bertz CT molecular complexity index is 584. The SMILES string of the molecule is CC1(c2ccnc3cc(C(=O)O)nn23)CC1. The van der Waals surface area contributed by atoms with Crippen LogP contribution in [0.4, 0.5) is 0 Å². The molecule has 2 heterocycles. The molecule has 1 saturated carbocycles. The Morgan fingerprint density at radius 2 is 2.31 bits per heavy atom. The number of hydrogen-bond acceptors (Lipinski definition) is 3. The second kappa shape index (κ2) is 2.81. The number of carboxylic acids is 1. The van der Waals surface area contributed by atoms with E-state index in [9.17, 15) is 4.79 Å². The van der Waals surface area contributed by atoms with E-state index >= 15 is 0 Å². The molecule has 0 spiro atoms. The number of rotatable bonds is 2. The van der Waals surface area contributed by atoms with Crippen molar-refractivity contribution in [3.05, 3.63) is 29.7 Å². The predicted octanol–water partition coefficient (Wildman–Crippen LogP) is 1.48. The van der Waals surface area contributed by atoms with Crippen molar-refractivity contribution in [3.8, 4) is 0 Å². The van der Waals surface area contributed by atoms with Crippen LogP contribution in [0.15, 0.2) is 18.3 Å². The summed E-state index contributed by atoms with van der Waals surface area (Å²) in [5.41, 5.74) is 1.83. The number of aromatic nitrogens is 3. The van der Waals surface area contributed by atoms with Gasteiger partial charge in [-0.25, -0.2) is 14.3 Å². The molecular weight excluding hydrogens is 206 g/mol. The summed E-state index contributed by atoms with van der Waals surface area (Å²) in [6, 6.07) is 3.41. The van der Waals surface area contributed by atoms with E-state index in [4.69, 9.17) is 5.11 Å². The molecule has 16 heavy (non-hydrogen) atoms. The van der Waals surface area contributed by atoms with E-state index in [0.29, 0.717) is 5.65 Å². The highest BCUT2D eigenvalue weighted by atomic mass is 16.4. The minimum Gasteiger partial charge on any atom is -0.476 e.